The maximum Gasteiger partial charge on any atom is 0.225 e. The average Bonchev–Trinajstić information content (AvgIpc) is 2.78. The third kappa shape index (κ3) is 1.86. The summed E-state index contributed by atoms with van der Waals surface area (Å²) in [5.41, 5.74) is 3.08. The third-order valence-electron chi connectivity index (χ3n) is 4.65. The Morgan fingerprint density at radius 3 is 2.32 bits per heavy atom. The first kappa shape index (κ1) is 13.9. The molecule has 0 unspecified atom stereocenters. The van der Waals surface area contributed by atoms with Gasteiger partial charge in [-0.15, -0.1) is 0 Å². The van der Waals surface area contributed by atoms with Crippen LogP contribution in [0.5, 0.6) is 0 Å². The molecular weight excluding hydrogens is 276 g/mol. The molecule has 2 bridgehead atoms. The molecule has 2 aliphatic rings. The lowest BCUT2D eigenvalue weighted by molar-refractivity contribution is -0.290. The molecule has 2 aromatic rings. The topological polar surface area (TPSA) is 27.7 Å². The van der Waals surface area contributed by atoms with Crippen LogP contribution in [0.25, 0.3) is 0 Å². The lowest BCUT2D eigenvalue weighted by Crippen LogP contribution is -2.50. The smallest absolute Gasteiger partial charge is 0.225 e. The zero-order chi connectivity index (χ0) is 15.2. The van der Waals surface area contributed by atoms with E-state index in [1.165, 1.54) is 5.56 Å². The summed E-state index contributed by atoms with van der Waals surface area (Å²) < 4.78 is 18.6. The van der Waals surface area contributed by atoms with E-state index in [2.05, 4.69) is 44.2 Å². The number of hydrogen-bond donors (Lipinski definition) is 0. The van der Waals surface area contributed by atoms with Gasteiger partial charge in [0.2, 0.25) is 5.79 Å². The van der Waals surface area contributed by atoms with Crippen molar-refractivity contribution in [3.8, 4) is 0 Å². The van der Waals surface area contributed by atoms with Gasteiger partial charge < -0.3 is 14.2 Å². The summed E-state index contributed by atoms with van der Waals surface area (Å²) in [6.45, 7) is 5.37. The molecule has 114 valence electrons. The fourth-order valence-corrected chi connectivity index (χ4v) is 3.48. The summed E-state index contributed by atoms with van der Waals surface area (Å²) in [6, 6.07) is 18.5. The molecule has 0 N–H and O–H groups in total. The van der Waals surface area contributed by atoms with Gasteiger partial charge in [-0.05, 0) is 5.56 Å². The summed E-state index contributed by atoms with van der Waals surface area (Å²) in [5.74, 6) is -0.880. The lowest BCUT2D eigenvalue weighted by Gasteiger charge is -2.47. The average molecular weight is 296 g/mol. The van der Waals surface area contributed by atoms with Crippen LogP contribution < -0.4 is 0 Å². The van der Waals surface area contributed by atoms with Crippen molar-refractivity contribution in [1.29, 1.82) is 0 Å². The monoisotopic (exact) mass is 296 g/mol. The summed E-state index contributed by atoms with van der Waals surface area (Å²) in [4.78, 5) is 0. The van der Waals surface area contributed by atoms with Crippen LogP contribution in [0.3, 0.4) is 0 Å². The van der Waals surface area contributed by atoms with Crippen molar-refractivity contribution in [2.24, 2.45) is 0 Å². The molecule has 3 heteroatoms. The molecular formula is C19H20O3. The number of hydrogen-bond acceptors (Lipinski definition) is 3. The van der Waals surface area contributed by atoms with Gasteiger partial charge in [0, 0.05) is 16.5 Å². The van der Waals surface area contributed by atoms with Gasteiger partial charge in [0.05, 0.1) is 13.2 Å². The second-order valence-electron chi connectivity index (χ2n) is 6.42. The summed E-state index contributed by atoms with van der Waals surface area (Å²) in [6.07, 6.45) is -0.329. The van der Waals surface area contributed by atoms with E-state index in [4.69, 9.17) is 14.2 Å². The minimum Gasteiger partial charge on any atom is -0.349 e. The zero-order valence-corrected chi connectivity index (χ0v) is 12.9. The van der Waals surface area contributed by atoms with Crippen molar-refractivity contribution in [1.82, 2.24) is 0 Å². The van der Waals surface area contributed by atoms with E-state index in [-0.39, 0.29) is 11.7 Å². The molecule has 1 saturated heterocycles. The Kier molecular flexibility index (Phi) is 3.12. The van der Waals surface area contributed by atoms with E-state index in [9.17, 15) is 0 Å². The van der Waals surface area contributed by atoms with E-state index >= 15 is 0 Å². The molecule has 2 heterocycles. The molecule has 22 heavy (non-hydrogen) atoms. The van der Waals surface area contributed by atoms with Crippen LogP contribution in [-0.2, 0) is 25.4 Å². The molecule has 0 spiro atoms. The number of ether oxygens (including phenoxy) is 3. The Bertz CT molecular complexity index is 680. The fraction of sp³-hybridized carbons (Fsp3) is 0.368. The van der Waals surface area contributed by atoms with Crippen molar-refractivity contribution in [2.45, 2.75) is 31.3 Å². The molecule has 2 aliphatic heterocycles. The Morgan fingerprint density at radius 2 is 1.55 bits per heavy atom. The summed E-state index contributed by atoms with van der Waals surface area (Å²) in [7, 11) is 0. The molecule has 0 amide bonds. The molecule has 2 atom stereocenters. The first-order chi connectivity index (χ1) is 10.6. The van der Waals surface area contributed by atoms with Gasteiger partial charge >= 0.3 is 0 Å². The Morgan fingerprint density at radius 1 is 0.864 bits per heavy atom. The molecule has 3 nitrogen and oxygen atoms in total. The van der Waals surface area contributed by atoms with E-state index in [0.29, 0.717) is 13.2 Å². The molecule has 0 aromatic heterocycles. The number of rotatable bonds is 1. The van der Waals surface area contributed by atoms with Crippen LogP contribution >= 0.6 is 0 Å². The second kappa shape index (κ2) is 4.92. The largest absolute Gasteiger partial charge is 0.349 e. The second-order valence-corrected chi connectivity index (χ2v) is 6.42. The van der Waals surface area contributed by atoms with Crippen molar-refractivity contribution >= 4 is 0 Å². The molecule has 0 saturated carbocycles. The highest BCUT2D eigenvalue weighted by Gasteiger charge is 2.53. The van der Waals surface area contributed by atoms with Gasteiger partial charge in [0.25, 0.3) is 0 Å². The first-order valence-electron chi connectivity index (χ1n) is 7.73. The molecule has 1 fully saturated rings. The Hall–Kier alpha value is -1.68. The first-order valence-corrected chi connectivity index (χ1v) is 7.73. The zero-order valence-electron chi connectivity index (χ0n) is 12.9. The van der Waals surface area contributed by atoms with Crippen LogP contribution in [0.1, 0.15) is 30.5 Å². The van der Waals surface area contributed by atoms with Gasteiger partial charge in [0.15, 0.2) is 6.29 Å². The summed E-state index contributed by atoms with van der Waals surface area (Å²) >= 11 is 0. The lowest BCUT2D eigenvalue weighted by atomic mass is 9.75. The highest BCUT2D eigenvalue weighted by molar-refractivity contribution is 5.45. The predicted octanol–water partition coefficient (Wildman–Crippen LogP) is 3.57. The third-order valence-corrected chi connectivity index (χ3v) is 4.65. The quantitative estimate of drug-likeness (QED) is 0.805. The maximum atomic E-state index is 6.42. The Balaban J connectivity index is 2.00. The van der Waals surface area contributed by atoms with Crippen LogP contribution in [0.4, 0.5) is 0 Å². The minimum absolute atomic E-state index is 0.220. The van der Waals surface area contributed by atoms with Gasteiger partial charge in [-0.25, -0.2) is 0 Å². The van der Waals surface area contributed by atoms with Crippen molar-refractivity contribution in [2.75, 3.05) is 13.2 Å². The highest BCUT2D eigenvalue weighted by atomic mass is 16.8. The van der Waals surface area contributed by atoms with E-state index < -0.39 is 5.79 Å². The van der Waals surface area contributed by atoms with Gasteiger partial charge in [-0.3, -0.25) is 0 Å². The highest BCUT2D eigenvalue weighted by Crippen LogP contribution is 2.50. The molecule has 0 radical (unpaired) electrons. The van der Waals surface area contributed by atoms with Gasteiger partial charge in [-0.1, -0.05) is 68.4 Å². The van der Waals surface area contributed by atoms with E-state index in [1.54, 1.807) is 0 Å². The van der Waals surface area contributed by atoms with Crippen LogP contribution in [0.15, 0.2) is 54.6 Å². The maximum absolute atomic E-state index is 6.42. The van der Waals surface area contributed by atoms with Gasteiger partial charge in [-0.2, -0.15) is 0 Å². The fourth-order valence-electron chi connectivity index (χ4n) is 3.48. The predicted molar refractivity (Wildman–Crippen MR) is 83.5 cm³/mol. The molecule has 4 rings (SSSR count). The number of fused-ring (bicyclic) bond motifs is 4. The van der Waals surface area contributed by atoms with Crippen LogP contribution in [0.2, 0.25) is 0 Å². The molecule has 0 aliphatic carbocycles. The van der Waals surface area contributed by atoms with Crippen molar-refractivity contribution < 1.29 is 14.2 Å². The minimum atomic E-state index is -0.880. The SMILES string of the molecule is CC1(C)c2ccccc2[C@]2(c3ccccc3)OCCO[C@H]1O2. The normalized spacial score (nSPS) is 29.5. The van der Waals surface area contributed by atoms with E-state index in [0.717, 1.165) is 11.1 Å². The summed E-state index contributed by atoms with van der Waals surface area (Å²) in [5, 5.41) is 0. The van der Waals surface area contributed by atoms with Crippen LogP contribution in [-0.4, -0.2) is 19.5 Å². The standard InChI is InChI=1S/C19H20O3/c1-18(2)15-10-6-7-11-16(15)19(14-8-4-3-5-9-14)21-13-12-20-17(18)22-19/h3-11,17H,12-13H2,1-2H3/t17-,19+/m0/s1. The van der Waals surface area contributed by atoms with Crippen molar-refractivity contribution in [3.05, 3.63) is 71.3 Å². The Labute approximate surface area is 130 Å². The molecule has 2 aromatic carbocycles. The van der Waals surface area contributed by atoms with Gasteiger partial charge in [0.1, 0.15) is 0 Å². The number of benzene rings is 2. The van der Waals surface area contributed by atoms with E-state index in [1.807, 2.05) is 24.3 Å². The van der Waals surface area contributed by atoms with Crippen LogP contribution in [0, 0.1) is 0 Å². The van der Waals surface area contributed by atoms with Crippen molar-refractivity contribution in [3.63, 3.8) is 0 Å².